The monoisotopic (exact) mass is 227 g/mol. The predicted octanol–water partition coefficient (Wildman–Crippen LogP) is 2.06. The second-order valence-electron chi connectivity index (χ2n) is 3.66. The van der Waals surface area contributed by atoms with E-state index < -0.39 is 5.97 Å². The molecule has 1 saturated carbocycles. The minimum Gasteiger partial charge on any atom is -0.478 e. The summed E-state index contributed by atoms with van der Waals surface area (Å²) in [6, 6.07) is 7.70. The standard InChI is InChI=1S/C11H13NO2.ClH/c13-11(14)9-3-1-8(2-4-9)7-12-10-5-6-10;/h1-4,10,12H,5-7H2,(H,13,14);1H. The Morgan fingerprint density at radius 3 is 2.40 bits per heavy atom. The molecule has 1 aromatic rings. The van der Waals surface area contributed by atoms with Crippen LogP contribution in [0.3, 0.4) is 0 Å². The number of benzene rings is 1. The minimum absolute atomic E-state index is 0. The number of hydrogen-bond acceptors (Lipinski definition) is 2. The van der Waals surface area contributed by atoms with Crippen molar-refractivity contribution in [1.29, 1.82) is 0 Å². The highest BCUT2D eigenvalue weighted by Crippen LogP contribution is 2.19. The fourth-order valence-electron chi connectivity index (χ4n) is 1.31. The molecule has 0 aliphatic heterocycles. The molecule has 0 heterocycles. The van der Waals surface area contributed by atoms with E-state index in [1.54, 1.807) is 12.1 Å². The molecule has 4 heteroatoms. The number of carbonyl (C=O) groups is 1. The van der Waals surface area contributed by atoms with Crippen molar-refractivity contribution in [1.82, 2.24) is 5.32 Å². The van der Waals surface area contributed by atoms with Gasteiger partial charge in [-0.25, -0.2) is 4.79 Å². The molecule has 0 radical (unpaired) electrons. The molecule has 1 aliphatic carbocycles. The molecule has 2 rings (SSSR count). The lowest BCUT2D eigenvalue weighted by Crippen LogP contribution is -2.15. The Morgan fingerprint density at radius 2 is 1.93 bits per heavy atom. The van der Waals surface area contributed by atoms with Crippen LogP contribution in [0, 0.1) is 0 Å². The number of aromatic carboxylic acids is 1. The van der Waals surface area contributed by atoms with E-state index in [0.717, 1.165) is 12.1 Å². The molecule has 1 aliphatic rings. The first-order chi connectivity index (χ1) is 6.75. The summed E-state index contributed by atoms with van der Waals surface area (Å²) in [5, 5.41) is 12.1. The van der Waals surface area contributed by atoms with E-state index in [1.165, 1.54) is 12.8 Å². The summed E-state index contributed by atoms with van der Waals surface area (Å²) in [5.74, 6) is -0.869. The van der Waals surface area contributed by atoms with E-state index in [2.05, 4.69) is 5.32 Å². The summed E-state index contributed by atoms with van der Waals surface area (Å²) in [6.45, 7) is 0.838. The second-order valence-corrected chi connectivity index (χ2v) is 3.66. The van der Waals surface area contributed by atoms with Crippen LogP contribution < -0.4 is 5.32 Å². The van der Waals surface area contributed by atoms with Crippen LogP contribution in [0.2, 0.25) is 0 Å². The van der Waals surface area contributed by atoms with E-state index in [0.29, 0.717) is 11.6 Å². The van der Waals surface area contributed by atoms with Crippen LogP contribution in [-0.2, 0) is 6.54 Å². The van der Waals surface area contributed by atoms with Gasteiger partial charge >= 0.3 is 5.97 Å². The molecule has 82 valence electrons. The summed E-state index contributed by atoms with van der Waals surface area (Å²) in [7, 11) is 0. The summed E-state index contributed by atoms with van der Waals surface area (Å²) in [4.78, 5) is 10.6. The summed E-state index contributed by atoms with van der Waals surface area (Å²) < 4.78 is 0. The van der Waals surface area contributed by atoms with Crippen LogP contribution in [0.25, 0.3) is 0 Å². The van der Waals surface area contributed by atoms with Crippen molar-refractivity contribution in [2.75, 3.05) is 0 Å². The lowest BCUT2D eigenvalue weighted by Gasteiger charge is -2.02. The highest BCUT2D eigenvalue weighted by Gasteiger charge is 2.19. The quantitative estimate of drug-likeness (QED) is 0.828. The molecule has 1 aromatic carbocycles. The first-order valence-corrected chi connectivity index (χ1v) is 4.81. The molecule has 3 nitrogen and oxygen atoms in total. The van der Waals surface area contributed by atoms with Crippen LogP contribution in [0.1, 0.15) is 28.8 Å². The van der Waals surface area contributed by atoms with E-state index in [1.807, 2.05) is 12.1 Å². The van der Waals surface area contributed by atoms with Crippen molar-refractivity contribution in [3.05, 3.63) is 35.4 Å². The molecule has 0 saturated heterocycles. The molecule has 0 aromatic heterocycles. The van der Waals surface area contributed by atoms with Gasteiger partial charge in [0.05, 0.1) is 5.56 Å². The van der Waals surface area contributed by atoms with Gasteiger partial charge in [-0.1, -0.05) is 12.1 Å². The number of nitrogens with one attached hydrogen (secondary N) is 1. The van der Waals surface area contributed by atoms with Crippen LogP contribution >= 0.6 is 12.4 Å². The maximum Gasteiger partial charge on any atom is 0.335 e. The zero-order chi connectivity index (χ0) is 9.97. The predicted molar refractivity (Wildman–Crippen MR) is 60.5 cm³/mol. The van der Waals surface area contributed by atoms with E-state index in [-0.39, 0.29) is 12.4 Å². The molecule has 0 bridgehead atoms. The molecule has 0 spiro atoms. The third kappa shape index (κ3) is 3.53. The molecule has 15 heavy (non-hydrogen) atoms. The molecule has 0 unspecified atom stereocenters. The average Bonchev–Trinajstić information content (AvgIpc) is 2.99. The number of rotatable bonds is 4. The third-order valence-electron chi connectivity index (χ3n) is 2.37. The Morgan fingerprint density at radius 1 is 1.33 bits per heavy atom. The molecule has 1 fully saturated rings. The smallest absolute Gasteiger partial charge is 0.335 e. The second kappa shape index (κ2) is 5.14. The van der Waals surface area contributed by atoms with Crippen molar-refractivity contribution in [3.63, 3.8) is 0 Å². The van der Waals surface area contributed by atoms with Crippen LogP contribution in [0.5, 0.6) is 0 Å². The molecule has 0 atom stereocenters. The first kappa shape index (κ1) is 12.0. The Labute approximate surface area is 94.9 Å². The average molecular weight is 228 g/mol. The van der Waals surface area contributed by atoms with Crippen molar-refractivity contribution < 1.29 is 9.90 Å². The van der Waals surface area contributed by atoms with Crippen LogP contribution in [0.4, 0.5) is 0 Å². The Balaban J connectivity index is 0.00000112. The minimum atomic E-state index is -0.869. The summed E-state index contributed by atoms with van der Waals surface area (Å²) >= 11 is 0. The fraction of sp³-hybridized carbons (Fsp3) is 0.364. The van der Waals surface area contributed by atoms with Gasteiger partial charge in [0.15, 0.2) is 0 Å². The van der Waals surface area contributed by atoms with Gasteiger partial charge in [0, 0.05) is 12.6 Å². The highest BCUT2D eigenvalue weighted by molar-refractivity contribution is 5.87. The number of carboxylic acid groups (broad SMARTS) is 1. The Hall–Kier alpha value is -1.06. The van der Waals surface area contributed by atoms with Crippen LogP contribution in [0.15, 0.2) is 24.3 Å². The largest absolute Gasteiger partial charge is 0.478 e. The zero-order valence-corrected chi connectivity index (χ0v) is 9.09. The van der Waals surface area contributed by atoms with Crippen LogP contribution in [-0.4, -0.2) is 17.1 Å². The highest BCUT2D eigenvalue weighted by atomic mass is 35.5. The summed E-state index contributed by atoms with van der Waals surface area (Å²) in [5.41, 5.74) is 1.49. The van der Waals surface area contributed by atoms with Gasteiger partial charge in [-0.2, -0.15) is 0 Å². The first-order valence-electron chi connectivity index (χ1n) is 4.81. The molecular formula is C11H14ClNO2. The van der Waals surface area contributed by atoms with E-state index in [9.17, 15) is 4.79 Å². The number of hydrogen-bond donors (Lipinski definition) is 2. The number of carboxylic acids is 1. The normalized spacial score (nSPS) is 14.4. The topological polar surface area (TPSA) is 49.3 Å². The molecule has 2 N–H and O–H groups in total. The van der Waals surface area contributed by atoms with Crippen molar-refractivity contribution >= 4 is 18.4 Å². The van der Waals surface area contributed by atoms with Crippen molar-refractivity contribution in [3.8, 4) is 0 Å². The van der Waals surface area contributed by atoms with Crippen molar-refractivity contribution in [2.45, 2.75) is 25.4 Å². The molecule has 0 amide bonds. The maximum absolute atomic E-state index is 10.6. The maximum atomic E-state index is 10.6. The van der Waals surface area contributed by atoms with Gasteiger partial charge < -0.3 is 10.4 Å². The van der Waals surface area contributed by atoms with Gasteiger partial charge in [0.25, 0.3) is 0 Å². The lowest BCUT2D eigenvalue weighted by molar-refractivity contribution is 0.0697. The fourth-order valence-corrected chi connectivity index (χ4v) is 1.31. The van der Waals surface area contributed by atoms with E-state index in [4.69, 9.17) is 5.11 Å². The lowest BCUT2D eigenvalue weighted by atomic mass is 10.1. The SMILES string of the molecule is Cl.O=C(O)c1ccc(CNC2CC2)cc1. The molecular weight excluding hydrogens is 214 g/mol. The Kier molecular flexibility index (Phi) is 4.12. The van der Waals surface area contributed by atoms with Gasteiger partial charge in [-0.05, 0) is 30.5 Å². The van der Waals surface area contributed by atoms with E-state index >= 15 is 0 Å². The number of halogens is 1. The van der Waals surface area contributed by atoms with Gasteiger partial charge in [0.1, 0.15) is 0 Å². The van der Waals surface area contributed by atoms with Gasteiger partial charge in [0.2, 0.25) is 0 Å². The van der Waals surface area contributed by atoms with Gasteiger partial charge in [-0.15, -0.1) is 12.4 Å². The Bertz CT molecular complexity index is 333. The summed E-state index contributed by atoms with van der Waals surface area (Å²) in [6.07, 6.45) is 2.54. The van der Waals surface area contributed by atoms with Crippen molar-refractivity contribution in [2.24, 2.45) is 0 Å². The zero-order valence-electron chi connectivity index (χ0n) is 8.27. The van der Waals surface area contributed by atoms with Gasteiger partial charge in [-0.3, -0.25) is 0 Å². The third-order valence-corrected chi connectivity index (χ3v) is 2.37.